The maximum Gasteiger partial charge on any atom is 0.325 e. The van der Waals surface area contributed by atoms with Gasteiger partial charge in [-0.15, -0.1) is 0 Å². The van der Waals surface area contributed by atoms with Gasteiger partial charge in [-0.3, -0.25) is 9.59 Å². The first-order valence-electron chi connectivity index (χ1n) is 6.17. The summed E-state index contributed by atoms with van der Waals surface area (Å²) in [5.41, 5.74) is 1.04. The molecule has 0 saturated heterocycles. The summed E-state index contributed by atoms with van der Waals surface area (Å²) in [4.78, 5) is 24.4. The van der Waals surface area contributed by atoms with Crippen LogP contribution in [0.15, 0.2) is 24.3 Å². The van der Waals surface area contributed by atoms with Gasteiger partial charge in [-0.05, 0) is 31.0 Å². The molecule has 0 bridgehead atoms. The van der Waals surface area contributed by atoms with Crippen LogP contribution in [0.5, 0.6) is 0 Å². The largest absolute Gasteiger partial charge is 0.465 e. The minimum atomic E-state index is -0.384. The van der Waals surface area contributed by atoms with Gasteiger partial charge in [0.05, 0.1) is 6.61 Å². The Labute approximate surface area is 118 Å². The molecule has 0 aliphatic rings. The van der Waals surface area contributed by atoms with E-state index in [9.17, 15) is 9.59 Å². The Kier molecular flexibility index (Phi) is 6.36. The number of halogens is 1. The molecular formula is C14H18ClNO3. The average molecular weight is 284 g/mol. The van der Waals surface area contributed by atoms with Gasteiger partial charge in [0.15, 0.2) is 0 Å². The number of amides is 1. The summed E-state index contributed by atoms with van der Waals surface area (Å²) in [6.07, 6.45) is 0.987. The highest BCUT2D eigenvalue weighted by molar-refractivity contribution is 6.30. The number of hydrogen-bond acceptors (Lipinski definition) is 3. The number of likely N-dealkylation sites (N-methyl/N-ethyl adjacent to an activating group) is 1. The molecule has 19 heavy (non-hydrogen) atoms. The molecule has 0 aliphatic heterocycles. The van der Waals surface area contributed by atoms with Crippen molar-refractivity contribution in [2.75, 3.05) is 20.2 Å². The summed E-state index contributed by atoms with van der Waals surface area (Å²) in [7, 11) is 1.60. The van der Waals surface area contributed by atoms with Crippen molar-refractivity contribution in [1.82, 2.24) is 4.90 Å². The molecule has 0 fully saturated rings. The lowest BCUT2D eigenvalue weighted by molar-refractivity contribution is -0.148. The van der Waals surface area contributed by atoms with Gasteiger partial charge in [0.1, 0.15) is 6.54 Å². The first kappa shape index (κ1) is 15.5. The first-order valence-corrected chi connectivity index (χ1v) is 6.54. The highest BCUT2D eigenvalue weighted by Crippen LogP contribution is 2.11. The van der Waals surface area contributed by atoms with Gasteiger partial charge in [-0.2, -0.15) is 0 Å². The Balaban J connectivity index is 2.38. The molecule has 0 N–H and O–H groups in total. The van der Waals surface area contributed by atoms with Crippen LogP contribution in [0.3, 0.4) is 0 Å². The molecule has 4 nitrogen and oxygen atoms in total. The summed E-state index contributed by atoms with van der Waals surface area (Å²) < 4.78 is 4.79. The fraction of sp³-hybridized carbons (Fsp3) is 0.429. The van der Waals surface area contributed by atoms with E-state index in [0.29, 0.717) is 24.5 Å². The Hall–Kier alpha value is -1.55. The zero-order chi connectivity index (χ0) is 14.3. The van der Waals surface area contributed by atoms with Crippen LogP contribution in [0.25, 0.3) is 0 Å². The Morgan fingerprint density at radius 3 is 2.47 bits per heavy atom. The predicted octanol–water partition coefficient (Wildman–Crippen LogP) is 2.29. The van der Waals surface area contributed by atoms with Crippen molar-refractivity contribution in [3.63, 3.8) is 0 Å². The summed E-state index contributed by atoms with van der Waals surface area (Å²) in [5, 5.41) is 0.675. The zero-order valence-electron chi connectivity index (χ0n) is 11.2. The summed E-state index contributed by atoms with van der Waals surface area (Å²) in [6, 6.07) is 7.37. The van der Waals surface area contributed by atoms with Gasteiger partial charge in [-0.25, -0.2) is 0 Å². The number of aryl methyl sites for hydroxylation is 1. The van der Waals surface area contributed by atoms with Crippen molar-refractivity contribution in [2.24, 2.45) is 0 Å². The molecular weight excluding hydrogens is 266 g/mol. The van der Waals surface area contributed by atoms with Crippen LogP contribution in [0.4, 0.5) is 0 Å². The second-order valence-electron chi connectivity index (χ2n) is 4.18. The molecule has 104 valence electrons. The fourth-order valence-electron chi connectivity index (χ4n) is 1.58. The molecule has 1 aromatic rings. The van der Waals surface area contributed by atoms with Crippen LogP contribution in [-0.4, -0.2) is 37.0 Å². The van der Waals surface area contributed by atoms with Gasteiger partial charge in [0.25, 0.3) is 0 Å². The number of ether oxygens (including phenoxy) is 1. The van der Waals surface area contributed by atoms with E-state index in [1.165, 1.54) is 4.90 Å². The Bertz CT molecular complexity index is 431. The number of carbonyl (C=O) groups is 2. The molecule has 0 saturated carbocycles. The molecule has 0 radical (unpaired) electrons. The maximum atomic E-state index is 11.8. The number of rotatable bonds is 6. The van der Waals surface area contributed by atoms with Crippen molar-refractivity contribution in [3.05, 3.63) is 34.9 Å². The third-order valence-corrected chi connectivity index (χ3v) is 2.89. The normalized spacial score (nSPS) is 10.1. The molecule has 1 rings (SSSR count). The molecule has 0 atom stereocenters. The molecule has 0 unspecified atom stereocenters. The van der Waals surface area contributed by atoms with E-state index in [1.54, 1.807) is 26.1 Å². The van der Waals surface area contributed by atoms with E-state index in [4.69, 9.17) is 16.3 Å². The van der Waals surface area contributed by atoms with Crippen LogP contribution in [0, 0.1) is 0 Å². The van der Waals surface area contributed by atoms with Gasteiger partial charge in [0.2, 0.25) is 5.91 Å². The van der Waals surface area contributed by atoms with E-state index in [1.807, 2.05) is 12.1 Å². The average Bonchev–Trinajstić information content (AvgIpc) is 2.37. The summed E-state index contributed by atoms with van der Waals surface area (Å²) >= 11 is 5.79. The number of carbonyl (C=O) groups excluding carboxylic acids is 2. The predicted molar refractivity (Wildman–Crippen MR) is 74.0 cm³/mol. The molecule has 1 aromatic carbocycles. The van der Waals surface area contributed by atoms with E-state index in [2.05, 4.69) is 0 Å². The van der Waals surface area contributed by atoms with E-state index >= 15 is 0 Å². The summed E-state index contributed by atoms with van der Waals surface area (Å²) in [6.45, 7) is 2.05. The van der Waals surface area contributed by atoms with Gasteiger partial charge < -0.3 is 9.64 Å². The van der Waals surface area contributed by atoms with Crippen LogP contribution in [0.1, 0.15) is 18.9 Å². The smallest absolute Gasteiger partial charge is 0.325 e. The first-order chi connectivity index (χ1) is 9.02. The standard InChI is InChI=1S/C14H18ClNO3/c1-3-19-14(18)10-16(2)13(17)9-6-11-4-7-12(15)8-5-11/h4-5,7-8H,3,6,9-10H2,1-2H3. The monoisotopic (exact) mass is 283 g/mol. The van der Waals surface area contributed by atoms with Gasteiger partial charge >= 0.3 is 5.97 Å². The van der Waals surface area contributed by atoms with Gasteiger partial charge in [-0.1, -0.05) is 23.7 Å². The Morgan fingerprint density at radius 2 is 1.89 bits per heavy atom. The van der Waals surface area contributed by atoms with Gasteiger partial charge in [0, 0.05) is 18.5 Å². The zero-order valence-corrected chi connectivity index (χ0v) is 11.9. The lowest BCUT2D eigenvalue weighted by atomic mass is 10.1. The van der Waals surface area contributed by atoms with Crippen LogP contribution >= 0.6 is 11.6 Å². The van der Waals surface area contributed by atoms with Crippen molar-refractivity contribution in [2.45, 2.75) is 19.8 Å². The number of hydrogen-bond donors (Lipinski definition) is 0. The lowest BCUT2D eigenvalue weighted by Gasteiger charge is -2.15. The highest BCUT2D eigenvalue weighted by atomic mass is 35.5. The van der Waals surface area contributed by atoms with E-state index in [-0.39, 0.29) is 18.4 Å². The third kappa shape index (κ3) is 5.75. The quantitative estimate of drug-likeness (QED) is 0.753. The second-order valence-corrected chi connectivity index (χ2v) is 4.62. The minimum absolute atomic E-state index is 0.00666. The summed E-state index contributed by atoms with van der Waals surface area (Å²) in [5.74, 6) is -0.465. The van der Waals surface area contributed by atoms with E-state index in [0.717, 1.165) is 5.56 Å². The molecule has 0 aliphatic carbocycles. The molecule has 1 amide bonds. The van der Waals surface area contributed by atoms with Crippen LogP contribution in [-0.2, 0) is 20.7 Å². The third-order valence-electron chi connectivity index (χ3n) is 2.64. The van der Waals surface area contributed by atoms with Crippen molar-refractivity contribution >= 4 is 23.5 Å². The van der Waals surface area contributed by atoms with Crippen molar-refractivity contribution < 1.29 is 14.3 Å². The fourth-order valence-corrected chi connectivity index (χ4v) is 1.71. The molecule has 0 heterocycles. The topological polar surface area (TPSA) is 46.6 Å². The Morgan fingerprint density at radius 1 is 1.26 bits per heavy atom. The van der Waals surface area contributed by atoms with Crippen LogP contribution < -0.4 is 0 Å². The number of esters is 1. The number of benzene rings is 1. The highest BCUT2D eigenvalue weighted by Gasteiger charge is 2.13. The lowest BCUT2D eigenvalue weighted by Crippen LogP contribution is -2.33. The van der Waals surface area contributed by atoms with Crippen molar-refractivity contribution in [1.29, 1.82) is 0 Å². The maximum absolute atomic E-state index is 11.8. The molecule has 5 heteroatoms. The number of nitrogens with zero attached hydrogens (tertiary/aromatic N) is 1. The minimum Gasteiger partial charge on any atom is -0.465 e. The molecule has 0 aromatic heterocycles. The van der Waals surface area contributed by atoms with E-state index < -0.39 is 0 Å². The second kappa shape index (κ2) is 7.79. The van der Waals surface area contributed by atoms with Crippen LogP contribution in [0.2, 0.25) is 5.02 Å². The SMILES string of the molecule is CCOC(=O)CN(C)C(=O)CCc1ccc(Cl)cc1. The molecule has 0 spiro atoms. The van der Waals surface area contributed by atoms with Crippen molar-refractivity contribution in [3.8, 4) is 0 Å².